The van der Waals surface area contributed by atoms with E-state index in [-0.39, 0.29) is 5.91 Å². The first kappa shape index (κ1) is 24.4. The Labute approximate surface area is 213 Å². The van der Waals surface area contributed by atoms with Gasteiger partial charge in [0.05, 0.1) is 23.9 Å². The Bertz CT molecular complexity index is 1470. The normalized spacial score (nSPS) is 14.8. The number of amides is 1. The third-order valence-corrected chi connectivity index (χ3v) is 6.60. The third kappa shape index (κ3) is 5.02. The Morgan fingerprint density at radius 1 is 1.19 bits per heavy atom. The molecule has 6 rings (SSSR count). The number of rotatable bonds is 6. The minimum absolute atomic E-state index is 0.187. The number of ether oxygens (including phenoxy) is 1. The van der Waals surface area contributed by atoms with Crippen LogP contribution >= 0.6 is 0 Å². The Morgan fingerprint density at radius 2 is 1.95 bits per heavy atom. The molecule has 0 atom stereocenters. The zero-order chi connectivity index (χ0) is 26.0. The second-order valence-corrected chi connectivity index (χ2v) is 9.08. The van der Waals surface area contributed by atoms with Gasteiger partial charge >= 0.3 is 6.55 Å². The number of aromatic nitrogens is 3. The number of nitrogens with zero attached hydrogens (tertiary/aromatic N) is 3. The van der Waals surface area contributed by atoms with E-state index in [0.29, 0.717) is 27.3 Å². The fourth-order valence-electron chi connectivity index (χ4n) is 4.29. The first-order valence-corrected chi connectivity index (χ1v) is 12.0. The minimum Gasteiger partial charge on any atom is -0.497 e. The number of halogens is 2. The summed E-state index contributed by atoms with van der Waals surface area (Å²) in [5.74, 6) is 0.426. The van der Waals surface area contributed by atoms with Gasteiger partial charge in [-0.15, -0.1) is 0 Å². The lowest BCUT2D eigenvalue weighted by Crippen LogP contribution is -2.35. The van der Waals surface area contributed by atoms with E-state index < -0.39 is 12.1 Å². The smallest absolute Gasteiger partial charge is 0.333 e. The summed E-state index contributed by atoms with van der Waals surface area (Å²) in [4.78, 5) is 17.7. The molecule has 1 saturated carbocycles. The molecule has 9 heteroatoms. The number of carbonyl (C=O) groups excluding carboxylic acids is 1. The fraction of sp³-hybridized carbons (Fsp3) is 0.250. The summed E-state index contributed by atoms with van der Waals surface area (Å²) in [6.07, 6.45) is 8.47. The Kier molecular flexibility index (Phi) is 6.60. The van der Waals surface area contributed by atoms with Gasteiger partial charge in [0, 0.05) is 35.5 Å². The van der Waals surface area contributed by atoms with Crippen LogP contribution in [0.1, 0.15) is 40.9 Å². The molecule has 1 aliphatic carbocycles. The lowest BCUT2D eigenvalue weighted by atomic mass is 9.95. The van der Waals surface area contributed by atoms with Gasteiger partial charge in [-0.3, -0.25) is 9.78 Å². The summed E-state index contributed by atoms with van der Waals surface area (Å²) in [7, 11) is 1.56. The van der Waals surface area contributed by atoms with Crippen LogP contribution in [0, 0.1) is 6.92 Å². The second kappa shape index (κ2) is 10.0. The molecular weight excluding hydrogens is 476 g/mol. The van der Waals surface area contributed by atoms with Crippen molar-refractivity contribution in [1.82, 2.24) is 25.4 Å². The van der Waals surface area contributed by atoms with E-state index in [0.717, 1.165) is 41.4 Å². The molecule has 1 aliphatic heterocycles. The zero-order valence-corrected chi connectivity index (χ0v) is 20.5. The maximum Gasteiger partial charge on any atom is 0.333 e. The van der Waals surface area contributed by atoms with E-state index in [1.165, 1.54) is 6.20 Å². The molecule has 2 aromatic heterocycles. The number of alkyl halides is 2. The summed E-state index contributed by atoms with van der Waals surface area (Å²) in [6.45, 7) is 0.240. The number of carbonyl (C=O) groups is 1. The second-order valence-electron chi connectivity index (χ2n) is 9.08. The van der Waals surface area contributed by atoms with E-state index in [1.54, 1.807) is 25.4 Å². The monoisotopic (exact) mass is 503 g/mol. The molecule has 0 spiro atoms. The highest BCUT2D eigenvalue weighted by Crippen LogP contribution is 2.49. The Hall–Kier alpha value is -4.27. The largest absolute Gasteiger partial charge is 0.497 e. The van der Waals surface area contributed by atoms with Crippen molar-refractivity contribution >= 4 is 16.8 Å². The van der Waals surface area contributed by atoms with Gasteiger partial charge in [0.1, 0.15) is 5.75 Å². The summed E-state index contributed by atoms with van der Waals surface area (Å²) in [5, 5.41) is 11.1. The minimum atomic E-state index is -2.71. The number of methoxy groups -OCH3 is 1. The standard InChI is InChI=1S/C25H22F2N4O2.C3H5N/c1-15-5-6-17(33-2)14-19(15)23(32)29-25(8-9-25)20-12-16(13-22-18(20)4-3-10-28-22)21-7-11-31(30-21)24(26)27;1-2-4-3-1/h3-7,10-14,24H,8-9H2,1-2H3,(H,29,32);1-2,4H,3H2. The van der Waals surface area contributed by atoms with Gasteiger partial charge in [-0.2, -0.15) is 13.9 Å². The van der Waals surface area contributed by atoms with Crippen molar-refractivity contribution in [3.63, 3.8) is 0 Å². The number of hydrogen-bond acceptors (Lipinski definition) is 5. The van der Waals surface area contributed by atoms with Crippen molar-refractivity contribution in [3.8, 4) is 17.0 Å². The average molecular weight is 504 g/mol. The van der Waals surface area contributed by atoms with Crippen molar-refractivity contribution in [2.24, 2.45) is 0 Å². The average Bonchev–Trinajstić information content (AvgIpc) is 3.45. The Balaban J connectivity index is 0.000000640. The number of hydrogen-bond donors (Lipinski definition) is 2. The van der Waals surface area contributed by atoms with E-state index in [9.17, 15) is 13.6 Å². The van der Waals surface area contributed by atoms with Gasteiger partial charge in [0.15, 0.2) is 0 Å². The van der Waals surface area contributed by atoms with Gasteiger partial charge in [0.2, 0.25) is 0 Å². The van der Waals surface area contributed by atoms with Crippen LogP contribution in [0.5, 0.6) is 5.75 Å². The molecule has 3 heterocycles. The van der Waals surface area contributed by atoms with Crippen LogP contribution in [0.15, 0.2) is 73.2 Å². The van der Waals surface area contributed by atoms with Crippen molar-refractivity contribution < 1.29 is 18.3 Å². The van der Waals surface area contributed by atoms with Crippen LogP contribution in [0.3, 0.4) is 0 Å². The summed E-state index contributed by atoms with van der Waals surface area (Å²) >= 11 is 0. The number of nitrogens with one attached hydrogen (secondary N) is 2. The predicted octanol–water partition coefficient (Wildman–Crippen LogP) is 5.33. The van der Waals surface area contributed by atoms with Gasteiger partial charge < -0.3 is 15.4 Å². The SMILES string of the molecule is C1=CNC1.COc1ccc(C)c(C(=O)NC2(c3cc(-c4ccn(C(F)F)n4)cc4ncccc34)CC2)c1. The first-order valence-electron chi connectivity index (χ1n) is 12.0. The van der Waals surface area contributed by atoms with E-state index in [4.69, 9.17) is 4.74 Å². The molecular formula is C28H27F2N5O2. The van der Waals surface area contributed by atoms with Crippen molar-refractivity contribution in [2.75, 3.05) is 13.7 Å². The van der Waals surface area contributed by atoms with Crippen molar-refractivity contribution in [2.45, 2.75) is 31.9 Å². The third-order valence-electron chi connectivity index (χ3n) is 6.60. The van der Waals surface area contributed by atoms with Crippen molar-refractivity contribution in [3.05, 3.63) is 89.9 Å². The van der Waals surface area contributed by atoms with Crippen LogP contribution in [0.25, 0.3) is 22.2 Å². The molecule has 7 nitrogen and oxygen atoms in total. The zero-order valence-electron chi connectivity index (χ0n) is 20.5. The highest BCUT2D eigenvalue weighted by Gasteiger charge is 2.47. The molecule has 2 N–H and O–H groups in total. The lowest BCUT2D eigenvalue weighted by Gasteiger charge is -2.21. The summed E-state index contributed by atoms with van der Waals surface area (Å²) in [6, 6.07) is 14.5. The molecule has 4 aromatic rings. The quantitative estimate of drug-likeness (QED) is 0.372. The van der Waals surface area contributed by atoms with Gasteiger partial charge in [-0.1, -0.05) is 12.1 Å². The first-order chi connectivity index (χ1) is 17.9. The van der Waals surface area contributed by atoms with Gasteiger partial charge in [-0.05, 0) is 79.6 Å². The van der Waals surface area contributed by atoms with E-state index in [1.807, 2.05) is 49.5 Å². The molecule has 190 valence electrons. The number of pyridine rings is 1. The van der Waals surface area contributed by atoms with Crippen LogP contribution in [0.4, 0.5) is 8.78 Å². The number of aryl methyl sites for hydroxylation is 1. The maximum absolute atomic E-state index is 13.3. The highest BCUT2D eigenvalue weighted by atomic mass is 19.3. The molecule has 2 aromatic carbocycles. The van der Waals surface area contributed by atoms with Crippen LogP contribution in [0.2, 0.25) is 0 Å². The fourth-order valence-corrected chi connectivity index (χ4v) is 4.29. The van der Waals surface area contributed by atoms with Gasteiger partial charge in [-0.25, -0.2) is 4.68 Å². The summed E-state index contributed by atoms with van der Waals surface area (Å²) < 4.78 is 32.0. The van der Waals surface area contributed by atoms with E-state index >= 15 is 0 Å². The van der Waals surface area contributed by atoms with Crippen LogP contribution < -0.4 is 15.4 Å². The molecule has 1 fully saturated rings. The van der Waals surface area contributed by atoms with Crippen LogP contribution in [-0.4, -0.2) is 34.3 Å². The molecule has 0 saturated heterocycles. The lowest BCUT2D eigenvalue weighted by molar-refractivity contribution is 0.0568. The van der Waals surface area contributed by atoms with Crippen LogP contribution in [-0.2, 0) is 5.54 Å². The molecule has 0 unspecified atom stereocenters. The molecule has 37 heavy (non-hydrogen) atoms. The molecule has 2 aliphatic rings. The highest BCUT2D eigenvalue weighted by molar-refractivity contribution is 5.98. The summed E-state index contributed by atoms with van der Waals surface area (Å²) in [5.41, 5.74) is 3.56. The Morgan fingerprint density at radius 3 is 2.57 bits per heavy atom. The molecule has 1 amide bonds. The topological polar surface area (TPSA) is 81.1 Å². The predicted molar refractivity (Wildman–Crippen MR) is 137 cm³/mol. The number of benzene rings is 2. The van der Waals surface area contributed by atoms with E-state index in [2.05, 4.69) is 26.8 Å². The molecule has 0 radical (unpaired) electrons. The van der Waals surface area contributed by atoms with Crippen molar-refractivity contribution in [1.29, 1.82) is 0 Å². The van der Waals surface area contributed by atoms with Gasteiger partial charge in [0.25, 0.3) is 5.91 Å². The maximum atomic E-state index is 13.3. The molecule has 0 bridgehead atoms. The number of fused-ring (bicyclic) bond motifs is 1.